The van der Waals surface area contributed by atoms with Crippen LogP contribution in [-0.4, -0.2) is 10.9 Å². The molecule has 2 aromatic heterocycles. The zero-order chi connectivity index (χ0) is 9.42. The highest BCUT2D eigenvalue weighted by Crippen LogP contribution is 2.24. The maximum atomic E-state index is 10.8. The number of hydrogen-bond donors (Lipinski definition) is 1. The average molecular weight is 241 g/mol. The Hall–Kier alpha value is -1.36. The summed E-state index contributed by atoms with van der Waals surface area (Å²) < 4.78 is 5.88. The molecule has 0 aliphatic heterocycles. The highest BCUT2D eigenvalue weighted by atomic mass is 79.9. The predicted octanol–water partition coefficient (Wildman–Crippen LogP) is 1.69. The Labute approximate surface area is 81.9 Å². The van der Waals surface area contributed by atoms with E-state index in [2.05, 4.69) is 20.9 Å². The van der Waals surface area contributed by atoms with Crippen LogP contribution in [0.5, 0.6) is 0 Å². The van der Waals surface area contributed by atoms with Crippen molar-refractivity contribution in [1.82, 2.24) is 4.98 Å². The van der Waals surface area contributed by atoms with Gasteiger partial charge in [0.2, 0.25) is 5.71 Å². The van der Waals surface area contributed by atoms with Crippen LogP contribution in [0.15, 0.2) is 27.3 Å². The molecule has 2 heterocycles. The molecule has 2 aromatic rings. The third kappa shape index (κ3) is 1.31. The summed E-state index contributed by atoms with van der Waals surface area (Å²) in [4.78, 5) is 14.7. The molecule has 66 valence electrons. The lowest BCUT2D eigenvalue weighted by molar-refractivity contribution is 0.0995. The summed E-state index contributed by atoms with van der Waals surface area (Å²) >= 11 is 3.28. The van der Waals surface area contributed by atoms with Crippen molar-refractivity contribution in [1.29, 1.82) is 0 Å². The summed E-state index contributed by atoms with van der Waals surface area (Å²) in [5.41, 5.74) is 5.67. The van der Waals surface area contributed by atoms with E-state index in [0.717, 1.165) is 9.86 Å². The second-order valence-corrected chi connectivity index (χ2v) is 3.35. The van der Waals surface area contributed by atoms with Crippen molar-refractivity contribution in [3.05, 3.63) is 28.6 Å². The van der Waals surface area contributed by atoms with E-state index in [-0.39, 0.29) is 5.69 Å². The maximum Gasteiger partial charge on any atom is 0.267 e. The maximum absolute atomic E-state index is 10.8. The van der Waals surface area contributed by atoms with Crippen LogP contribution < -0.4 is 5.73 Å². The van der Waals surface area contributed by atoms with Crippen molar-refractivity contribution in [2.24, 2.45) is 5.73 Å². The van der Waals surface area contributed by atoms with Crippen molar-refractivity contribution >= 4 is 32.9 Å². The van der Waals surface area contributed by atoms with Crippen LogP contribution in [0.3, 0.4) is 0 Å². The predicted molar refractivity (Wildman–Crippen MR) is 50.2 cm³/mol. The minimum atomic E-state index is -0.561. The number of primary amides is 1. The molecule has 0 saturated heterocycles. The monoisotopic (exact) mass is 240 g/mol. The molecule has 0 unspecified atom stereocenters. The van der Waals surface area contributed by atoms with Crippen molar-refractivity contribution in [2.45, 2.75) is 0 Å². The number of pyridine rings is 1. The molecule has 2 rings (SSSR count). The Kier molecular flexibility index (Phi) is 1.81. The molecule has 0 saturated carbocycles. The normalized spacial score (nSPS) is 10.5. The van der Waals surface area contributed by atoms with Gasteiger partial charge < -0.3 is 10.2 Å². The number of fused-ring (bicyclic) bond motifs is 1. The average Bonchev–Trinajstić information content (AvgIpc) is 2.47. The second-order valence-electron chi connectivity index (χ2n) is 2.50. The van der Waals surface area contributed by atoms with Gasteiger partial charge in [-0.05, 0) is 28.1 Å². The van der Waals surface area contributed by atoms with Crippen LogP contribution in [0.4, 0.5) is 0 Å². The Morgan fingerprint density at radius 1 is 1.54 bits per heavy atom. The zero-order valence-electron chi connectivity index (χ0n) is 6.45. The Morgan fingerprint density at radius 3 is 3.00 bits per heavy atom. The van der Waals surface area contributed by atoms with Gasteiger partial charge in [-0.25, -0.2) is 4.98 Å². The first kappa shape index (κ1) is 8.25. The topological polar surface area (TPSA) is 69.1 Å². The van der Waals surface area contributed by atoms with Crippen LogP contribution in [-0.2, 0) is 0 Å². The highest BCUT2D eigenvalue weighted by molar-refractivity contribution is 9.10. The standard InChI is InChI=1S/C8H5BrN2O2/c9-5-3-13-8-4(5)1-2-6(11-8)7(10)12/h1-3H,(H2,10,12). The van der Waals surface area contributed by atoms with E-state index in [9.17, 15) is 4.79 Å². The lowest BCUT2D eigenvalue weighted by atomic mass is 10.3. The van der Waals surface area contributed by atoms with E-state index in [4.69, 9.17) is 10.2 Å². The van der Waals surface area contributed by atoms with Crippen molar-refractivity contribution < 1.29 is 9.21 Å². The van der Waals surface area contributed by atoms with Gasteiger partial charge in [0.1, 0.15) is 12.0 Å². The van der Waals surface area contributed by atoms with Crippen LogP contribution in [0.25, 0.3) is 11.1 Å². The van der Waals surface area contributed by atoms with Crippen LogP contribution in [0, 0.1) is 0 Å². The largest absolute Gasteiger partial charge is 0.445 e. The fraction of sp³-hybridized carbons (Fsp3) is 0. The van der Waals surface area contributed by atoms with Gasteiger partial charge in [0.05, 0.1) is 9.86 Å². The number of nitrogens with two attached hydrogens (primary N) is 1. The minimum absolute atomic E-state index is 0.203. The summed E-state index contributed by atoms with van der Waals surface area (Å²) in [6.07, 6.45) is 1.52. The summed E-state index contributed by atoms with van der Waals surface area (Å²) in [6, 6.07) is 3.29. The van der Waals surface area contributed by atoms with E-state index >= 15 is 0 Å². The van der Waals surface area contributed by atoms with Crippen LogP contribution in [0.2, 0.25) is 0 Å². The molecule has 2 N–H and O–H groups in total. The highest BCUT2D eigenvalue weighted by Gasteiger charge is 2.07. The van der Waals surface area contributed by atoms with Gasteiger partial charge in [0.15, 0.2) is 0 Å². The molecule has 0 bridgehead atoms. The van der Waals surface area contributed by atoms with E-state index in [1.807, 2.05) is 0 Å². The summed E-state index contributed by atoms with van der Waals surface area (Å²) in [6.45, 7) is 0. The van der Waals surface area contributed by atoms with Crippen molar-refractivity contribution in [3.63, 3.8) is 0 Å². The number of carbonyl (C=O) groups excluding carboxylic acids is 1. The van der Waals surface area contributed by atoms with Crippen LogP contribution in [0.1, 0.15) is 10.5 Å². The molecule has 4 nitrogen and oxygen atoms in total. The summed E-state index contributed by atoms with van der Waals surface area (Å²) in [7, 11) is 0. The quantitative estimate of drug-likeness (QED) is 0.825. The number of amides is 1. The molecule has 0 radical (unpaired) electrons. The van der Waals surface area contributed by atoms with E-state index in [1.165, 1.54) is 6.26 Å². The molecule has 0 aliphatic rings. The fourth-order valence-electron chi connectivity index (χ4n) is 1.02. The first-order valence-corrected chi connectivity index (χ1v) is 4.31. The number of aromatic nitrogens is 1. The van der Waals surface area contributed by atoms with Gasteiger partial charge in [0, 0.05) is 0 Å². The molecule has 5 heteroatoms. The zero-order valence-corrected chi connectivity index (χ0v) is 8.04. The lowest BCUT2D eigenvalue weighted by Crippen LogP contribution is -2.12. The van der Waals surface area contributed by atoms with E-state index in [0.29, 0.717) is 5.71 Å². The Morgan fingerprint density at radius 2 is 2.31 bits per heavy atom. The number of hydrogen-bond acceptors (Lipinski definition) is 3. The van der Waals surface area contributed by atoms with Crippen LogP contribution >= 0.6 is 15.9 Å². The van der Waals surface area contributed by atoms with Gasteiger partial charge in [-0.15, -0.1) is 0 Å². The Bertz CT molecular complexity index is 478. The van der Waals surface area contributed by atoms with E-state index in [1.54, 1.807) is 12.1 Å². The van der Waals surface area contributed by atoms with Gasteiger partial charge in [-0.1, -0.05) is 0 Å². The Balaban J connectivity index is 2.70. The first-order valence-electron chi connectivity index (χ1n) is 3.52. The van der Waals surface area contributed by atoms with E-state index < -0.39 is 5.91 Å². The third-order valence-electron chi connectivity index (χ3n) is 1.64. The van der Waals surface area contributed by atoms with Gasteiger partial charge in [0.25, 0.3) is 5.91 Å². The molecule has 0 spiro atoms. The molecular formula is C8H5BrN2O2. The number of furan rings is 1. The number of halogens is 1. The van der Waals surface area contributed by atoms with Gasteiger partial charge >= 0.3 is 0 Å². The molecule has 0 aliphatic carbocycles. The molecule has 0 aromatic carbocycles. The first-order chi connectivity index (χ1) is 6.18. The second kappa shape index (κ2) is 2.85. The number of rotatable bonds is 1. The van der Waals surface area contributed by atoms with Gasteiger partial charge in [-0.2, -0.15) is 0 Å². The third-order valence-corrected chi connectivity index (χ3v) is 2.26. The lowest BCUT2D eigenvalue weighted by Gasteiger charge is -1.92. The summed E-state index contributed by atoms with van der Waals surface area (Å²) in [5.74, 6) is -0.561. The van der Waals surface area contributed by atoms with Crippen molar-refractivity contribution in [3.8, 4) is 0 Å². The van der Waals surface area contributed by atoms with Crippen molar-refractivity contribution in [2.75, 3.05) is 0 Å². The molecular weight excluding hydrogens is 236 g/mol. The molecule has 13 heavy (non-hydrogen) atoms. The SMILES string of the molecule is NC(=O)c1ccc2c(Br)coc2n1. The molecule has 0 atom stereocenters. The number of nitrogens with zero attached hydrogens (tertiary/aromatic N) is 1. The smallest absolute Gasteiger partial charge is 0.267 e. The fourth-order valence-corrected chi connectivity index (χ4v) is 1.42. The van der Waals surface area contributed by atoms with Gasteiger partial charge in [-0.3, -0.25) is 4.79 Å². The number of carbonyl (C=O) groups is 1. The molecule has 0 fully saturated rings. The summed E-state index contributed by atoms with van der Waals surface area (Å²) in [5, 5.41) is 0.824. The molecule has 1 amide bonds. The minimum Gasteiger partial charge on any atom is -0.445 e.